The fraction of sp³-hybridized carbons (Fsp3) is 0.304. The zero-order chi connectivity index (χ0) is 21.4. The van der Waals surface area contributed by atoms with Gasteiger partial charge >= 0.3 is 12.1 Å². The van der Waals surface area contributed by atoms with Gasteiger partial charge < -0.3 is 14.7 Å². The van der Waals surface area contributed by atoms with Crippen molar-refractivity contribution in [3.63, 3.8) is 0 Å². The highest BCUT2D eigenvalue weighted by molar-refractivity contribution is 5.83. The van der Waals surface area contributed by atoms with E-state index in [0.717, 1.165) is 0 Å². The van der Waals surface area contributed by atoms with E-state index in [1.165, 1.54) is 33.3 Å². The number of carboxylic acids is 1. The summed E-state index contributed by atoms with van der Waals surface area (Å²) < 4.78 is 7.17. The molecule has 0 spiro atoms. The Hall–Kier alpha value is -3.68. The second-order valence-corrected chi connectivity index (χ2v) is 7.86. The summed E-state index contributed by atoms with van der Waals surface area (Å²) in [6.07, 6.45) is 2.13. The molecule has 2 aromatic carbocycles. The van der Waals surface area contributed by atoms with Crippen LogP contribution in [0.15, 0.2) is 54.9 Å². The van der Waals surface area contributed by atoms with Crippen LogP contribution in [0.4, 0.5) is 4.79 Å². The van der Waals surface area contributed by atoms with Crippen LogP contribution in [0.25, 0.3) is 11.1 Å². The molecule has 1 amide bonds. The number of rotatable bonds is 4. The number of piperidine rings is 1. The monoisotopic (exact) mass is 418 g/mol. The van der Waals surface area contributed by atoms with Crippen molar-refractivity contribution in [2.45, 2.75) is 24.8 Å². The van der Waals surface area contributed by atoms with Gasteiger partial charge in [0.1, 0.15) is 12.9 Å². The molecule has 0 bridgehead atoms. The predicted molar refractivity (Wildman–Crippen MR) is 112 cm³/mol. The van der Waals surface area contributed by atoms with Crippen molar-refractivity contribution in [1.82, 2.24) is 19.7 Å². The molecule has 0 atom stereocenters. The average Bonchev–Trinajstić information content (AvgIpc) is 3.41. The average molecular weight is 418 g/mol. The first kappa shape index (κ1) is 19.3. The molecule has 1 N–H and O–H groups in total. The van der Waals surface area contributed by atoms with Gasteiger partial charge in [0.25, 0.3) is 0 Å². The molecule has 1 fully saturated rings. The number of nitrogens with zero attached hydrogens (tertiary/aromatic N) is 4. The Morgan fingerprint density at radius 2 is 1.61 bits per heavy atom. The van der Waals surface area contributed by atoms with Crippen molar-refractivity contribution in [1.29, 1.82) is 0 Å². The lowest BCUT2D eigenvalue weighted by Gasteiger charge is -2.31. The Morgan fingerprint density at radius 3 is 2.23 bits per heavy atom. The summed E-state index contributed by atoms with van der Waals surface area (Å²) in [4.78, 5) is 29.5. The van der Waals surface area contributed by atoms with Crippen LogP contribution >= 0.6 is 0 Å². The van der Waals surface area contributed by atoms with E-state index in [4.69, 9.17) is 4.74 Å². The number of benzene rings is 2. The van der Waals surface area contributed by atoms with Gasteiger partial charge in [-0.25, -0.2) is 19.3 Å². The quantitative estimate of drug-likeness (QED) is 0.696. The highest BCUT2D eigenvalue weighted by Gasteiger charge is 2.31. The van der Waals surface area contributed by atoms with E-state index in [2.05, 4.69) is 34.3 Å². The molecule has 1 aromatic heterocycles. The number of aromatic carboxylic acids is 1. The van der Waals surface area contributed by atoms with Gasteiger partial charge in [0.05, 0.1) is 6.04 Å². The van der Waals surface area contributed by atoms with E-state index < -0.39 is 5.97 Å². The van der Waals surface area contributed by atoms with Crippen molar-refractivity contribution in [3.05, 3.63) is 71.8 Å². The van der Waals surface area contributed by atoms with Crippen molar-refractivity contribution in [2.75, 3.05) is 19.7 Å². The van der Waals surface area contributed by atoms with Gasteiger partial charge in [-0.15, -0.1) is 0 Å². The number of amides is 1. The molecular weight excluding hydrogens is 396 g/mol. The highest BCUT2D eigenvalue weighted by Crippen LogP contribution is 2.44. The van der Waals surface area contributed by atoms with E-state index in [1.54, 1.807) is 4.90 Å². The number of carboxylic acid groups (broad SMARTS) is 1. The molecule has 1 aliphatic carbocycles. The lowest BCUT2D eigenvalue weighted by atomic mass is 9.98. The zero-order valence-electron chi connectivity index (χ0n) is 16.8. The van der Waals surface area contributed by atoms with Crippen molar-refractivity contribution in [3.8, 4) is 11.1 Å². The molecule has 8 nitrogen and oxygen atoms in total. The topological polar surface area (TPSA) is 97.5 Å². The maximum absolute atomic E-state index is 12.7. The van der Waals surface area contributed by atoms with E-state index in [9.17, 15) is 14.7 Å². The van der Waals surface area contributed by atoms with Crippen LogP contribution in [0.3, 0.4) is 0 Å². The van der Waals surface area contributed by atoms with Crippen LogP contribution in [0, 0.1) is 0 Å². The first-order valence-corrected chi connectivity index (χ1v) is 10.4. The fourth-order valence-electron chi connectivity index (χ4n) is 4.65. The van der Waals surface area contributed by atoms with Crippen LogP contribution in [-0.4, -0.2) is 56.5 Å². The first-order chi connectivity index (χ1) is 15.1. The van der Waals surface area contributed by atoms with Crippen LogP contribution in [0.1, 0.15) is 46.5 Å². The van der Waals surface area contributed by atoms with Gasteiger partial charge in [-0.3, -0.25) is 0 Å². The minimum absolute atomic E-state index is 0.0298. The second-order valence-electron chi connectivity index (χ2n) is 7.86. The number of hydrogen-bond acceptors (Lipinski definition) is 5. The number of carbonyl (C=O) groups excluding carboxylic acids is 1. The summed E-state index contributed by atoms with van der Waals surface area (Å²) in [5, 5.41) is 13.3. The maximum Gasteiger partial charge on any atom is 0.409 e. The molecule has 31 heavy (non-hydrogen) atoms. The minimum Gasteiger partial charge on any atom is -0.475 e. The molecule has 8 heteroatoms. The lowest BCUT2D eigenvalue weighted by Crippen LogP contribution is -2.40. The third kappa shape index (κ3) is 3.43. The van der Waals surface area contributed by atoms with Crippen LogP contribution in [0.2, 0.25) is 0 Å². The van der Waals surface area contributed by atoms with Gasteiger partial charge in [-0.1, -0.05) is 48.5 Å². The molecule has 0 unspecified atom stereocenters. The maximum atomic E-state index is 12.7. The Labute approximate surface area is 179 Å². The van der Waals surface area contributed by atoms with Crippen molar-refractivity contribution < 1.29 is 19.4 Å². The Balaban J connectivity index is 1.22. The Bertz CT molecular complexity index is 1090. The van der Waals surface area contributed by atoms with Crippen LogP contribution in [-0.2, 0) is 4.74 Å². The third-order valence-electron chi connectivity index (χ3n) is 6.17. The summed E-state index contributed by atoms with van der Waals surface area (Å²) in [5.74, 6) is -1.14. The molecule has 1 aliphatic heterocycles. The molecule has 2 heterocycles. The largest absolute Gasteiger partial charge is 0.475 e. The normalized spacial score (nSPS) is 16.1. The number of hydrogen-bond donors (Lipinski definition) is 1. The fourth-order valence-corrected chi connectivity index (χ4v) is 4.65. The summed E-state index contributed by atoms with van der Waals surface area (Å²) in [5.41, 5.74) is 4.76. The number of likely N-dealkylation sites (tertiary alicyclic amines) is 1. The number of ether oxygens (including phenoxy) is 1. The molecular formula is C23H22N4O4. The number of aromatic nitrogens is 3. The SMILES string of the molecule is O=C(O)c1ncnn1C1CCN(C(=O)OCC2c3ccccc3-c3ccccc32)CC1. The second kappa shape index (κ2) is 7.86. The van der Waals surface area contributed by atoms with Gasteiger partial charge in [0.2, 0.25) is 5.82 Å². The smallest absolute Gasteiger partial charge is 0.409 e. The summed E-state index contributed by atoms with van der Waals surface area (Å²) in [7, 11) is 0. The molecule has 1 saturated heterocycles. The molecule has 5 rings (SSSR count). The number of fused-ring (bicyclic) bond motifs is 3. The van der Waals surface area contributed by atoms with E-state index in [1.807, 2.05) is 24.3 Å². The standard InChI is InChI=1S/C23H22N4O4/c28-22(29)21-24-14-25-27(21)15-9-11-26(12-10-15)23(30)31-13-20-18-7-3-1-5-16(18)17-6-2-4-8-19(17)20/h1-8,14-15,20H,9-13H2,(H,28,29). The molecule has 158 valence electrons. The Morgan fingerprint density at radius 1 is 1.00 bits per heavy atom. The molecule has 3 aromatic rings. The summed E-state index contributed by atoms with van der Waals surface area (Å²) in [6, 6.07) is 16.4. The van der Waals surface area contributed by atoms with Gasteiger partial charge in [0, 0.05) is 19.0 Å². The van der Waals surface area contributed by atoms with E-state index in [0.29, 0.717) is 32.5 Å². The molecule has 2 aliphatic rings. The summed E-state index contributed by atoms with van der Waals surface area (Å²) in [6.45, 7) is 1.26. The van der Waals surface area contributed by atoms with E-state index in [-0.39, 0.29) is 23.9 Å². The lowest BCUT2D eigenvalue weighted by molar-refractivity contribution is 0.0656. The van der Waals surface area contributed by atoms with E-state index >= 15 is 0 Å². The van der Waals surface area contributed by atoms with Crippen LogP contribution in [0.5, 0.6) is 0 Å². The molecule has 0 radical (unpaired) electrons. The highest BCUT2D eigenvalue weighted by atomic mass is 16.6. The van der Waals surface area contributed by atoms with Gasteiger partial charge in [-0.05, 0) is 35.1 Å². The van der Waals surface area contributed by atoms with Crippen LogP contribution < -0.4 is 0 Å². The van der Waals surface area contributed by atoms with Crippen molar-refractivity contribution in [2.24, 2.45) is 0 Å². The molecule has 0 saturated carbocycles. The predicted octanol–water partition coefficient (Wildman–Crippen LogP) is 3.56. The van der Waals surface area contributed by atoms with Crippen molar-refractivity contribution >= 4 is 12.1 Å². The number of carbonyl (C=O) groups is 2. The zero-order valence-corrected chi connectivity index (χ0v) is 16.8. The Kier molecular flexibility index (Phi) is 4.89. The van der Waals surface area contributed by atoms with Gasteiger partial charge in [-0.2, -0.15) is 5.10 Å². The minimum atomic E-state index is -1.10. The first-order valence-electron chi connectivity index (χ1n) is 10.4. The third-order valence-corrected chi connectivity index (χ3v) is 6.17. The van der Waals surface area contributed by atoms with Gasteiger partial charge in [0.15, 0.2) is 0 Å². The summed E-state index contributed by atoms with van der Waals surface area (Å²) >= 11 is 0.